The Morgan fingerprint density at radius 3 is 2.73 bits per heavy atom. The zero-order valence-corrected chi connectivity index (χ0v) is 13.5. The fourth-order valence-electron chi connectivity index (χ4n) is 2.15. The van der Waals surface area contributed by atoms with Crippen LogP contribution >= 0.6 is 11.6 Å². The molecule has 2 rings (SSSR count). The molecule has 0 spiro atoms. The van der Waals surface area contributed by atoms with Crippen LogP contribution in [-0.4, -0.2) is 33.4 Å². The maximum absolute atomic E-state index is 12.2. The molecule has 0 saturated heterocycles. The highest BCUT2D eigenvalue weighted by molar-refractivity contribution is 6.30. The van der Waals surface area contributed by atoms with Crippen LogP contribution in [0, 0.1) is 6.92 Å². The first kappa shape index (κ1) is 16.5. The number of hydrogen-bond acceptors (Lipinski definition) is 3. The number of hydrogen-bond donors (Lipinski definition) is 2. The second kappa shape index (κ2) is 7.42. The molecule has 0 aliphatic heterocycles. The molecule has 118 valence electrons. The van der Waals surface area contributed by atoms with E-state index < -0.39 is 6.10 Å². The van der Waals surface area contributed by atoms with Crippen LogP contribution in [0.5, 0.6) is 0 Å². The third-order valence-corrected chi connectivity index (χ3v) is 3.61. The molecule has 5 nitrogen and oxygen atoms in total. The topological polar surface area (TPSA) is 67.2 Å². The van der Waals surface area contributed by atoms with Gasteiger partial charge in [-0.25, -0.2) is 4.68 Å². The lowest BCUT2D eigenvalue weighted by Gasteiger charge is -2.10. The van der Waals surface area contributed by atoms with E-state index in [0.717, 1.165) is 12.1 Å². The van der Waals surface area contributed by atoms with Crippen molar-refractivity contribution < 1.29 is 9.90 Å². The van der Waals surface area contributed by atoms with E-state index in [1.807, 2.05) is 19.1 Å². The van der Waals surface area contributed by atoms with Crippen molar-refractivity contribution in [3.63, 3.8) is 0 Å². The van der Waals surface area contributed by atoms with Crippen molar-refractivity contribution in [2.24, 2.45) is 0 Å². The summed E-state index contributed by atoms with van der Waals surface area (Å²) in [5, 5.41) is 17.4. The number of aliphatic hydroxyl groups excluding tert-OH is 1. The van der Waals surface area contributed by atoms with Gasteiger partial charge in [-0.3, -0.25) is 4.79 Å². The molecule has 1 unspecified atom stereocenters. The van der Waals surface area contributed by atoms with Crippen LogP contribution in [0.4, 0.5) is 0 Å². The number of nitrogens with one attached hydrogen (secondary N) is 1. The number of aliphatic hydroxyl groups is 1. The quantitative estimate of drug-likeness (QED) is 0.859. The van der Waals surface area contributed by atoms with Crippen LogP contribution in [0.15, 0.2) is 30.5 Å². The van der Waals surface area contributed by atoms with Crippen molar-refractivity contribution in [2.45, 2.75) is 32.8 Å². The van der Waals surface area contributed by atoms with E-state index in [1.165, 1.54) is 0 Å². The van der Waals surface area contributed by atoms with Crippen molar-refractivity contribution in [3.8, 4) is 5.69 Å². The molecular formula is C16H20ClN3O2. The number of rotatable bonds is 6. The van der Waals surface area contributed by atoms with Crippen LogP contribution in [0.1, 0.15) is 35.8 Å². The number of carbonyl (C=O) groups excluding carboxylic acids is 1. The number of halogens is 1. The Labute approximate surface area is 134 Å². The molecule has 2 N–H and O–H groups in total. The summed E-state index contributed by atoms with van der Waals surface area (Å²) in [6.45, 7) is 4.02. The Bertz CT molecular complexity index is 637. The summed E-state index contributed by atoms with van der Waals surface area (Å²) >= 11 is 5.87. The third kappa shape index (κ3) is 4.08. The fraction of sp³-hybridized carbons (Fsp3) is 0.375. The summed E-state index contributed by atoms with van der Waals surface area (Å²) < 4.78 is 1.64. The summed E-state index contributed by atoms with van der Waals surface area (Å²) in [6, 6.07) is 7.21. The van der Waals surface area contributed by atoms with E-state index in [4.69, 9.17) is 11.6 Å². The first-order chi connectivity index (χ1) is 10.5. The molecule has 1 aromatic heterocycles. The highest BCUT2D eigenvalue weighted by atomic mass is 35.5. The fourth-order valence-corrected chi connectivity index (χ4v) is 2.28. The van der Waals surface area contributed by atoms with Crippen LogP contribution in [0.25, 0.3) is 5.69 Å². The van der Waals surface area contributed by atoms with Crippen molar-refractivity contribution in [1.29, 1.82) is 0 Å². The summed E-state index contributed by atoms with van der Waals surface area (Å²) in [7, 11) is 0. The maximum Gasteiger partial charge on any atom is 0.254 e. The summed E-state index contributed by atoms with van der Waals surface area (Å²) in [5.74, 6) is -0.229. The zero-order valence-electron chi connectivity index (χ0n) is 12.7. The Hall–Kier alpha value is -1.85. The minimum atomic E-state index is -0.513. The molecule has 0 bridgehead atoms. The molecule has 1 atom stereocenters. The molecule has 22 heavy (non-hydrogen) atoms. The van der Waals surface area contributed by atoms with E-state index in [1.54, 1.807) is 29.9 Å². The van der Waals surface area contributed by atoms with Gasteiger partial charge >= 0.3 is 0 Å². The summed E-state index contributed by atoms with van der Waals surface area (Å²) in [4.78, 5) is 12.2. The summed E-state index contributed by atoms with van der Waals surface area (Å²) in [6.07, 6.45) is 2.72. The van der Waals surface area contributed by atoms with Gasteiger partial charge in [0.15, 0.2) is 0 Å². The lowest BCUT2D eigenvalue weighted by Crippen LogP contribution is -2.32. The second-order valence-electron chi connectivity index (χ2n) is 5.20. The predicted octanol–water partition coefficient (Wildman–Crippen LogP) is 2.72. The molecule has 1 heterocycles. The molecule has 0 aliphatic rings. The van der Waals surface area contributed by atoms with Crippen LogP contribution in [0.3, 0.4) is 0 Å². The van der Waals surface area contributed by atoms with Gasteiger partial charge in [0.25, 0.3) is 5.91 Å². The SMILES string of the molecule is CCCC(O)CNC(=O)c1cn(-c2ccc(Cl)cc2)nc1C. The average Bonchev–Trinajstić information content (AvgIpc) is 2.88. The van der Waals surface area contributed by atoms with Gasteiger partial charge in [0, 0.05) is 17.8 Å². The van der Waals surface area contributed by atoms with E-state index in [9.17, 15) is 9.90 Å². The van der Waals surface area contributed by atoms with E-state index in [2.05, 4.69) is 10.4 Å². The van der Waals surface area contributed by atoms with Crippen molar-refractivity contribution in [3.05, 3.63) is 46.7 Å². The Morgan fingerprint density at radius 1 is 1.41 bits per heavy atom. The molecule has 2 aromatic rings. The second-order valence-corrected chi connectivity index (χ2v) is 5.64. The number of nitrogens with zero attached hydrogens (tertiary/aromatic N) is 2. The number of benzene rings is 1. The minimum Gasteiger partial charge on any atom is -0.391 e. The van der Waals surface area contributed by atoms with Crippen LogP contribution in [0.2, 0.25) is 5.02 Å². The highest BCUT2D eigenvalue weighted by Gasteiger charge is 2.15. The van der Waals surface area contributed by atoms with Gasteiger partial charge in [-0.15, -0.1) is 0 Å². The third-order valence-electron chi connectivity index (χ3n) is 3.35. The number of carbonyl (C=O) groups is 1. The Morgan fingerprint density at radius 2 is 2.09 bits per heavy atom. The molecule has 1 amide bonds. The molecule has 1 aromatic carbocycles. The van der Waals surface area contributed by atoms with Gasteiger partial charge in [-0.05, 0) is 37.6 Å². The first-order valence-electron chi connectivity index (χ1n) is 7.29. The van der Waals surface area contributed by atoms with Crippen molar-refractivity contribution >= 4 is 17.5 Å². The van der Waals surface area contributed by atoms with Gasteiger partial charge in [-0.1, -0.05) is 24.9 Å². The van der Waals surface area contributed by atoms with Gasteiger partial charge in [-0.2, -0.15) is 5.10 Å². The summed E-state index contributed by atoms with van der Waals surface area (Å²) in [5.41, 5.74) is 1.97. The molecule has 0 saturated carbocycles. The van der Waals surface area contributed by atoms with E-state index in [0.29, 0.717) is 22.7 Å². The van der Waals surface area contributed by atoms with Gasteiger partial charge in [0.05, 0.1) is 23.0 Å². The highest BCUT2D eigenvalue weighted by Crippen LogP contribution is 2.15. The molecule has 6 heteroatoms. The maximum atomic E-state index is 12.2. The lowest BCUT2D eigenvalue weighted by molar-refractivity contribution is 0.0909. The number of aromatic nitrogens is 2. The molecule has 0 radical (unpaired) electrons. The smallest absolute Gasteiger partial charge is 0.254 e. The number of amides is 1. The predicted molar refractivity (Wildman–Crippen MR) is 86.6 cm³/mol. The molecular weight excluding hydrogens is 302 g/mol. The van der Waals surface area contributed by atoms with Crippen LogP contribution in [-0.2, 0) is 0 Å². The molecule has 0 fully saturated rings. The number of aryl methyl sites for hydroxylation is 1. The van der Waals surface area contributed by atoms with Gasteiger partial charge in [0.1, 0.15) is 0 Å². The Kier molecular flexibility index (Phi) is 5.57. The van der Waals surface area contributed by atoms with Crippen molar-refractivity contribution in [1.82, 2.24) is 15.1 Å². The minimum absolute atomic E-state index is 0.229. The zero-order chi connectivity index (χ0) is 16.1. The first-order valence-corrected chi connectivity index (χ1v) is 7.67. The average molecular weight is 322 g/mol. The van der Waals surface area contributed by atoms with E-state index >= 15 is 0 Å². The Balaban J connectivity index is 2.09. The van der Waals surface area contributed by atoms with Gasteiger partial charge < -0.3 is 10.4 Å². The van der Waals surface area contributed by atoms with Gasteiger partial charge in [0.2, 0.25) is 0 Å². The monoisotopic (exact) mass is 321 g/mol. The molecule has 0 aliphatic carbocycles. The van der Waals surface area contributed by atoms with Crippen molar-refractivity contribution in [2.75, 3.05) is 6.54 Å². The van der Waals surface area contributed by atoms with Crippen LogP contribution < -0.4 is 5.32 Å². The lowest BCUT2D eigenvalue weighted by atomic mass is 10.2. The standard InChI is InChI=1S/C16H20ClN3O2/c1-3-4-14(21)9-18-16(22)15-10-20(19-11(15)2)13-7-5-12(17)6-8-13/h5-8,10,14,21H,3-4,9H2,1-2H3,(H,18,22). The van der Waals surface area contributed by atoms with E-state index in [-0.39, 0.29) is 12.5 Å². The normalized spacial score (nSPS) is 12.2. The largest absolute Gasteiger partial charge is 0.391 e.